The van der Waals surface area contributed by atoms with E-state index in [1.54, 1.807) is 13.8 Å². The molecule has 45 heavy (non-hydrogen) atoms. The minimum Gasteiger partial charge on any atom is -0.506 e. The van der Waals surface area contributed by atoms with Crippen molar-refractivity contribution in [1.29, 1.82) is 0 Å². The van der Waals surface area contributed by atoms with Gasteiger partial charge in [0, 0.05) is 5.56 Å². The first-order chi connectivity index (χ1) is 20.7. The molecule has 7 heteroatoms. The van der Waals surface area contributed by atoms with Crippen LogP contribution in [0.5, 0.6) is 11.5 Å². The molecule has 2 fully saturated rings. The summed E-state index contributed by atoms with van der Waals surface area (Å²) in [7, 11) is 0. The van der Waals surface area contributed by atoms with Crippen molar-refractivity contribution in [3.63, 3.8) is 0 Å². The topological polar surface area (TPSA) is 132 Å². The molecule has 244 valence electrons. The SMILES string of the molecule is C=C(C)C(O)C[C@H](C[C@@]12C[C@@H](CC=C(C)C)C(C)(C)[C@@](CC=C(C)C)(C(=O)C(=C(O)c3ccc(O)c(O)c3)C1=O)C2=O)C(=C)C. The van der Waals surface area contributed by atoms with Crippen LogP contribution >= 0.6 is 0 Å². The maximum Gasteiger partial charge on any atom is 0.184 e. The molecule has 3 rings (SSSR count). The van der Waals surface area contributed by atoms with Crippen LogP contribution in [0.4, 0.5) is 0 Å². The molecular formula is C38H50O7. The first-order valence-electron chi connectivity index (χ1n) is 15.6. The number of hydrogen-bond acceptors (Lipinski definition) is 7. The Kier molecular flexibility index (Phi) is 10.3. The lowest BCUT2D eigenvalue weighted by atomic mass is 9.38. The van der Waals surface area contributed by atoms with Gasteiger partial charge in [0.05, 0.1) is 11.5 Å². The number of phenolic OH excluding ortho intramolecular Hbond substituents is 2. The predicted octanol–water partition coefficient (Wildman–Crippen LogP) is 7.73. The fraction of sp³-hybridized carbons (Fsp3) is 0.500. The molecule has 1 aromatic carbocycles. The number of aromatic hydroxyl groups is 2. The Hall–Kier alpha value is -3.71. The Morgan fingerprint density at radius 1 is 0.933 bits per heavy atom. The number of aliphatic hydroxyl groups is 2. The minimum atomic E-state index is -1.69. The molecular weight excluding hydrogens is 568 g/mol. The number of allylic oxidation sites excluding steroid dienone is 6. The van der Waals surface area contributed by atoms with E-state index in [0.29, 0.717) is 17.6 Å². The normalized spacial score (nSPS) is 26.5. The van der Waals surface area contributed by atoms with E-state index in [2.05, 4.69) is 19.2 Å². The van der Waals surface area contributed by atoms with Crippen LogP contribution in [-0.4, -0.2) is 43.9 Å². The second-order valence-corrected chi connectivity index (χ2v) is 14.4. The zero-order chi connectivity index (χ0) is 34.2. The van der Waals surface area contributed by atoms with Gasteiger partial charge in [-0.2, -0.15) is 0 Å². The largest absolute Gasteiger partial charge is 0.506 e. The lowest BCUT2D eigenvalue weighted by molar-refractivity contribution is -0.177. The molecule has 1 aromatic rings. The van der Waals surface area contributed by atoms with Gasteiger partial charge in [-0.1, -0.05) is 61.4 Å². The van der Waals surface area contributed by atoms with Gasteiger partial charge in [-0.25, -0.2) is 0 Å². The third-order valence-corrected chi connectivity index (χ3v) is 10.3. The summed E-state index contributed by atoms with van der Waals surface area (Å²) in [5.41, 5.74) is -1.62. The highest BCUT2D eigenvalue weighted by atomic mass is 16.3. The predicted molar refractivity (Wildman–Crippen MR) is 178 cm³/mol. The standard InChI is InChI=1S/C38H50O7/c1-21(2)11-13-27-20-37(19-26(23(5)6)18-29(40)24(7)8)33(43)31(32(42)25-12-14-28(39)30(41)17-25)34(44)38(35(37)45,36(27,9)10)16-15-22(3)4/h11-12,14-15,17,26-27,29,39-42H,5,7,13,16,18-20H2,1-4,6,8-10H3/t26-,27-,29?,37-,38+/m1/s1. The Labute approximate surface area is 267 Å². The number of phenols is 2. The highest BCUT2D eigenvalue weighted by Crippen LogP contribution is 2.66. The molecule has 0 aliphatic heterocycles. The second kappa shape index (κ2) is 13.0. The Bertz CT molecular complexity index is 1510. The molecule has 0 heterocycles. The first-order valence-corrected chi connectivity index (χ1v) is 15.6. The van der Waals surface area contributed by atoms with E-state index in [1.807, 2.05) is 47.6 Å². The Morgan fingerprint density at radius 3 is 2.04 bits per heavy atom. The van der Waals surface area contributed by atoms with Crippen molar-refractivity contribution < 1.29 is 34.8 Å². The van der Waals surface area contributed by atoms with E-state index < -0.39 is 68.4 Å². The van der Waals surface area contributed by atoms with Gasteiger partial charge in [0.1, 0.15) is 16.7 Å². The molecule has 0 spiro atoms. The van der Waals surface area contributed by atoms with Gasteiger partial charge in [-0.3, -0.25) is 14.4 Å². The molecule has 0 aromatic heterocycles. The van der Waals surface area contributed by atoms with E-state index >= 15 is 4.79 Å². The van der Waals surface area contributed by atoms with E-state index in [1.165, 1.54) is 6.07 Å². The summed E-state index contributed by atoms with van der Waals surface area (Å²) < 4.78 is 0. The highest BCUT2D eigenvalue weighted by Gasteiger charge is 2.74. The molecule has 1 unspecified atom stereocenters. The van der Waals surface area contributed by atoms with Crippen molar-refractivity contribution in [3.8, 4) is 11.5 Å². The summed E-state index contributed by atoms with van der Waals surface area (Å²) in [6, 6.07) is 3.56. The van der Waals surface area contributed by atoms with Crippen LogP contribution in [0.15, 0.2) is 71.4 Å². The summed E-state index contributed by atoms with van der Waals surface area (Å²) in [5.74, 6) is -4.27. The number of fused-ring (bicyclic) bond motifs is 2. The second-order valence-electron chi connectivity index (χ2n) is 14.4. The zero-order valence-corrected chi connectivity index (χ0v) is 28.1. The molecule has 2 bridgehead atoms. The lowest BCUT2D eigenvalue weighted by Gasteiger charge is -2.61. The molecule has 2 aliphatic rings. The number of aliphatic hydroxyl groups excluding tert-OH is 2. The molecule has 0 saturated heterocycles. The highest BCUT2D eigenvalue weighted by molar-refractivity contribution is 6.41. The van der Waals surface area contributed by atoms with Crippen LogP contribution in [0.1, 0.15) is 93.1 Å². The third-order valence-electron chi connectivity index (χ3n) is 10.3. The molecule has 5 atom stereocenters. The third kappa shape index (κ3) is 6.24. The van der Waals surface area contributed by atoms with Crippen LogP contribution in [0, 0.1) is 28.1 Å². The summed E-state index contributed by atoms with van der Waals surface area (Å²) in [6.07, 6.45) is 3.98. The summed E-state index contributed by atoms with van der Waals surface area (Å²) in [5, 5.41) is 42.6. The Morgan fingerprint density at radius 2 is 1.53 bits per heavy atom. The van der Waals surface area contributed by atoms with Gasteiger partial charge >= 0.3 is 0 Å². The average molecular weight is 619 g/mol. The van der Waals surface area contributed by atoms with Crippen molar-refractivity contribution in [3.05, 3.63) is 76.9 Å². The monoisotopic (exact) mass is 618 g/mol. The number of benzene rings is 1. The lowest BCUT2D eigenvalue weighted by Crippen LogP contribution is -2.69. The summed E-state index contributed by atoms with van der Waals surface area (Å²) in [6.45, 7) is 23.1. The van der Waals surface area contributed by atoms with Gasteiger partial charge in [0.15, 0.2) is 28.8 Å². The quantitative estimate of drug-likeness (QED) is 0.0498. The molecule has 4 N–H and O–H groups in total. The van der Waals surface area contributed by atoms with Crippen molar-refractivity contribution in [2.24, 2.45) is 28.1 Å². The number of ketones is 3. The van der Waals surface area contributed by atoms with Crippen LogP contribution < -0.4 is 0 Å². The van der Waals surface area contributed by atoms with Gasteiger partial charge in [-0.05, 0) is 109 Å². The summed E-state index contributed by atoms with van der Waals surface area (Å²) in [4.78, 5) is 45.0. The number of carbonyl (C=O) groups is 3. The first kappa shape index (κ1) is 35.8. The van der Waals surface area contributed by atoms with E-state index in [0.717, 1.165) is 23.3 Å². The smallest absolute Gasteiger partial charge is 0.184 e. The number of carbonyl (C=O) groups excluding carboxylic acids is 3. The molecule has 2 aliphatic carbocycles. The van der Waals surface area contributed by atoms with Crippen molar-refractivity contribution in [1.82, 2.24) is 0 Å². The van der Waals surface area contributed by atoms with Crippen LogP contribution in [0.25, 0.3) is 5.76 Å². The van der Waals surface area contributed by atoms with E-state index in [9.17, 15) is 30.0 Å². The van der Waals surface area contributed by atoms with Gasteiger partial charge in [0.2, 0.25) is 0 Å². The van der Waals surface area contributed by atoms with Gasteiger partial charge in [0.25, 0.3) is 0 Å². The molecule has 2 saturated carbocycles. The maximum atomic E-state index is 15.2. The van der Waals surface area contributed by atoms with Crippen molar-refractivity contribution in [2.75, 3.05) is 0 Å². The van der Waals surface area contributed by atoms with Crippen molar-refractivity contribution in [2.45, 2.75) is 93.6 Å². The molecule has 7 nitrogen and oxygen atoms in total. The fourth-order valence-corrected chi connectivity index (χ4v) is 7.18. The number of hydrogen-bond donors (Lipinski definition) is 4. The van der Waals surface area contributed by atoms with E-state index in [4.69, 9.17) is 0 Å². The van der Waals surface area contributed by atoms with E-state index in [-0.39, 0.29) is 37.2 Å². The van der Waals surface area contributed by atoms with Crippen molar-refractivity contribution >= 4 is 23.1 Å². The average Bonchev–Trinajstić information content (AvgIpc) is 2.93. The fourth-order valence-electron chi connectivity index (χ4n) is 7.18. The number of rotatable bonds is 11. The van der Waals surface area contributed by atoms with Gasteiger partial charge in [-0.15, -0.1) is 0 Å². The summed E-state index contributed by atoms with van der Waals surface area (Å²) >= 11 is 0. The van der Waals surface area contributed by atoms with Crippen LogP contribution in [0.3, 0.4) is 0 Å². The molecule has 0 radical (unpaired) electrons. The Balaban J connectivity index is 2.46. The zero-order valence-electron chi connectivity index (χ0n) is 28.1. The minimum absolute atomic E-state index is 0.00714. The molecule has 0 amide bonds. The van der Waals surface area contributed by atoms with Crippen LogP contribution in [0.2, 0.25) is 0 Å². The maximum absolute atomic E-state index is 15.2. The van der Waals surface area contributed by atoms with Gasteiger partial charge < -0.3 is 20.4 Å². The number of Topliss-reactive ketones (excluding diaryl/α,β-unsaturated/α-hetero) is 3. The van der Waals surface area contributed by atoms with Crippen LogP contribution in [-0.2, 0) is 14.4 Å².